The van der Waals surface area contributed by atoms with Crippen molar-refractivity contribution in [1.29, 1.82) is 0 Å². The van der Waals surface area contributed by atoms with Crippen LogP contribution in [0.4, 0.5) is 0 Å². The third-order valence-corrected chi connectivity index (χ3v) is 3.46. The molecule has 0 bridgehead atoms. The lowest BCUT2D eigenvalue weighted by Crippen LogP contribution is -2.01. The zero-order valence-electron chi connectivity index (χ0n) is 9.98. The van der Waals surface area contributed by atoms with Gasteiger partial charge in [0.2, 0.25) is 5.88 Å². The maximum absolute atomic E-state index is 5.10. The second-order valence-electron chi connectivity index (χ2n) is 3.95. The van der Waals surface area contributed by atoms with E-state index in [1.807, 2.05) is 18.2 Å². The van der Waals surface area contributed by atoms with E-state index in [9.17, 15) is 0 Å². The third kappa shape index (κ3) is 3.09. The van der Waals surface area contributed by atoms with E-state index in [0.717, 1.165) is 23.1 Å². The molecule has 2 rings (SSSR count). The number of halogens is 1. The Bertz CT molecular complexity index is 488. The summed E-state index contributed by atoms with van der Waals surface area (Å²) in [5, 5.41) is 0. The SMILES string of the molecule is COc1cccc(CCn2cc(C)c(Br)c2)n1. The molecule has 2 heterocycles. The highest BCUT2D eigenvalue weighted by Crippen LogP contribution is 2.17. The molecule has 0 aromatic carbocycles. The number of ether oxygens (including phenoxy) is 1. The molecule has 0 aliphatic heterocycles. The number of hydrogen-bond donors (Lipinski definition) is 0. The van der Waals surface area contributed by atoms with Gasteiger partial charge in [0, 0.05) is 41.6 Å². The van der Waals surface area contributed by atoms with E-state index in [-0.39, 0.29) is 0 Å². The van der Waals surface area contributed by atoms with Crippen molar-refractivity contribution in [3.8, 4) is 5.88 Å². The van der Waals surface area contributed by atoms with Gasteiger partial charge in [0.05, 0.1) is 7.11 Å². The van der Waals surface area contributed by atoms with Crippen LogP contribution >= 0.6 is 15.9 Å². The second kappa shape index (κ2) is 5.36. The van der Waals surface area contributed by atoms with Crippen LogP contribution in [0.25, 0.3) is 0 Å². The van der Waals surface area contributed by atoms with Crippen LogP contribution in [-0.2, 0) is 13.0 Å². The normalized spacial score (nSPS) is 10.5. The van der Waals surface area contributed by atoms with Crippen molar-refractivity contribution < 1.29 is 4.74 Å². The van der Waals surface area contributed by atoms with E-state index >= 15 is 0 Å². The fraction of sp³-hybridized carbons (Fsp3) is 0.308. The lowest BCUT2D eigenvalue weighted by Gasteiger charge is -2.04. The van der Waals surface area contributed by atoms with Gasteiger partial charge in [0.1, 0.15) is 0 Å². The Kier molecular flexibility index (Phi) is 3.84. The van der Waals surface area contributed by atoms with E-state index in [0.29, 0.717) is 5.88 Å². The number of hydrogen-bond acceptors (Lipinski definition) is 2. The van der Waals surface area contributed by atoms with E-state index in [4.69, 9.17) is 4.74 Å². The molecule has 0 spiro atoms. The van der Waals surface area contributed by atoms with Gasteiger partial charge in [0.25, 0.3) is 0 Å². The van der Waals surface area contributed by atoms with Gasteiger partial charge in [-0.05, 0) is 34.5 Å². The number of pyridine rings is 1. The molecule has 0 N–H and O–H groups in total. The second-order valence-corrected chi connectivity index (χ2v) is 4.80. The summed E-state index contributed by atoms with van der Waals surface area (Å²) >= 11 is 3.51. The van der Waals surface area contributed by atoms with Gasteiger partial charge in [-0.2, -0.15) is 0 Å². The van der Waals surface area contributed by atoms with Crippen LogP contribution in [0.2, 0.25) is 0 Å². The predicted octanol–water partition coefficient (Wildman–Crippen LogP) is 3.21. The summed E-state index contributed by atoms with van der Waals surface area (Å²) in [7, 11) is 1.64. The quantitative estimate of drug-likeness (QED) is 0.866. The standard InChI is InChI=1S/C13H15BrN2O/c1-10-8-16(9-12(10)14)7-6-11-4-3-5-13(15-11)17-2/h3-5,8-9H,6-7H2,1-2H3. The topological polar surface area (TPSA) is 27.1 Å². The fourth-order valence-corrected chi connectivity index (χ4v) is 2.04. The summed E-state index contributed by atoms with van der Waals surface area (Å²) in [4.78, 5) is 4.39. The molecule has 0 saturated carbocycles. The van der Waals surface area contributed by atoms with Crippen LogP contribution < -0.4 is 4.74 Å². The molecule has 0 unspecified atom stereocenters. The Morgan fingerprint density at radius 1 is 1.35 bits per heavy atom. The highest BCUT2D eigenvalue weighted by molar-refractivity contribution is 9.10. The minimum Gasteiger partial charge on any atom is -0.481 e. The van der Waals surface area contributed by atoms with Crippen molar-refractivity contribution in [2.45, 2.75) is 19.9 Å². The van der Waals surface area contributed by atoms with Crippen LogP contribution in [0.15, 0.2) is 35.1 Å². The minimum absolute atomic E-state index is 0.673. The first kappa shape index (κ1) is 12.2. The first-order chi connectivity index (χ1) is 8.19. The van der Waals surface area contributed by atoms with Crippen LogP contribution in [0, 0.1) is 6.92 Å². The predicted molar refractivity (Wildman–Crippen MR) is 71.4 cm³/mol. The molecule has 2 aromatic rings. The number of aromatic nitrogens is 2. The molecule has 17 heavy (non-hydrogen) atoms. The molecule has 0 amide bonds. The van der Waals surface area contributed by atoms with E-state index < -0.39 is 0 Å². The highest BCUT2D eigenvalue weighted by Gasteiger charge is 2.01. The number of rotatable bonds is 4. The summed E-state index contributed by atoms with van der Waals surface area (Å²) in [6, 6.07) is 5.85. The molecular weight excluding hydrogens is 280 g/mol. The largest absolute Gasteiger partial charge is 0.481 e. The van der Waals surface area contributed by atoms with Crippen molar-refractivity contribution in [3.05, 3.63) is 46.3 Å². The Morgan fingerprint density at radius 3 is 2.82 bits per heavy atom. The monoisotopic (exact) mass is 294 g/mol. The molecule has 3 nitrogen and oxygen atoms in total. The zero-order chi connectivity index (χ0) is 12.3. The van der Waals surface area contributed by atoms with Gasteiger partial charge < -0.3 is 9.30 Å². The molecule has 0 atom stereocenters. The molecule has 0 aliphatic rings. The summed E-state index contributed by atoms with van der Waals surface area (Å²) in [5.74, 6) is 0.673. The summed E-state index contributed by atoms with van der Waals surface area (Å²) < 4.78 is 8.42. The Balaban J connectivity index is 2.01. The lowest BCUT2D eigenvalue weighted by atomic mass is 10.2. The van der Waals surface area contributed by atoms with Crippen LogP contribution in [0.1, 0.15) is 11.3 Å². The Labute approximate surface area is 110 Å². The average molecular weight is 295 g/mol. The molecule has 0 radical (unpaired) electrons. The van der Waals surface area contributed by atoms with Gasteiger partial charge in [-0.1, -0.05) is 6.07 Å². The molecule has 0 saturated heterocycles. The number of nitrogens with zero attached hydrogens (tertiary/aromatic N) is 2. The molecule has 0 fully saturated rings. The van der Waals surface area contributed by atoms with Crippen molar-refractivity contribution in [3.63, 3.8) is 0 Å². The summed E-state index contributed by atoms with van der Waals surface area (Å²) in [6.45, 7) is 3.01. The van der Waals surface area contributed by atoms with E-state index in [2.05, 4.69) is 44.8 Å². The van der Waals surface area contributed by atoms with Gasteiger partial charge in [-0.25, -0.2) is 4.98 Å². The zero-order valence-corrected chi connectivity index (χ0v) is 11.6. The van der Waals surface area contributed by atoms with Gasteiger partial charge in [0.15, 0.2) is 0 Å². The minimum atomic E-state index is 0.673. The first-order valence-electron chi connectivity index (χ1n) is 5.51. The molecular formula is C13H15BrN2O. The van der Waals surface area contributed by atoms with Crippen LogP contribution in [-0.4, -0.2) is 16.7 Å². The van der Waals surface area contributed by atoms with Crippen LogP contribution in [0.3, 0.4) is 0 Å². The Morgan fingerprint density at radius 2 is 2.18 bits per heavy atom. The maximum atomic E-state index is 5.10. The maximum Gasteiger partial charge on any atom is 0.213 e. The van der Waals surface area contributed by atoms with Gasteiger partial charge >= 0.3 is 0 Å². The molecule has 2 aromatic heterocycles. The average Bonchev–Trinajstić information content (AvgIpc) is 2.67. The third-order valence-electron chi connectivity index (χ3n) is 2.63. The van der Waals surface area contributed by atoms with Crippen molar-refractivity contribution in [2.75, 3.05) is 7.11 Å². The van der Waals surface area contributed by atoms with Crippen molar-refractivity contribution in [2.24, 2.45) is 0 Å². The van der Waals surface area contributed by atoms with Gasteiger partial charge in [-0.15, -0.1) is 0 Å². The molecule has 0 aliphatic carbocycles. The van der Waals surface area contributed by atoms with Crippen LogP contribution in [0.5, 0.6) is 5.88 Å². The van der Waals surface area contributed by atoms with Gasteiger partial charge in [-0.3, -0.25) is 0 Å². The highest BCUT2D eigenvalue weighted by atomic mass is 79.9. The summed E-state index contributed by atoms with van der Waals surface area (Å²) in [5.41, 5.74) is 2.30. The van der Waals surface area contributed by atoms with Crippen molar-refractivity contribution >= 4 is 15.9 Å². The number of aryl methyl sites for hydroxylation is 3. The first-order valence-corrected chi connectivity index (χ1v) is 6.30. The summed E-state index contributed by atoms with van der Waals surface area (Å²) in [6.07, 6.45) is 5.12. The number of methoxy groups -OCH3 is 1. The van der Waals surface area contributed by atoms with E-state index in [1.165, 1.54) is 5.56 Å². The molecule has 4 heteroatoms. The van der Waals surface area contributed by atoms with E-state index in [1.54, 1.807) is 7.11 Å². The van der Waals surface area contributed by atoms with Crippen molar-refractivity contribution in [1.82, 2.24) is 9.55 Å². The fourth-order valence-electron chi connectivity index (χ4n) is 1.68. The lowest BCUT2D eigenvalue weighted by molar-refractivity contribution is 0.396. The smallest absolute Gasteiger partial charge is 0.213 e. The molecule has 90 valence electrons. The Hall–Kier alpha value is -1.29.